The molecule has 7 heteroatoms. The molecule has 0 amide bonds. The minimum absolute atomic E-state index is 0.0203. The molecule has 2 N–H and O–H groups in total. The van der Waals surface area contributed by atoms with Crippen LogP contribution in [0.1, 0.15) is 63.9 Å². The number of hydrogen-bond acceptors (Lipinski definition) is 7. The second-order valence-electron chi connectivity index (χ2n) is 13.2. The molecule has 6 rings (SSSR count). The van der Waals surface area contributed by atoms with Gasteiger partial charge in [0, 0.05) is 5.92 Å². The Morgan fingerprint density at radius 1 is 1.16 bits per heavy atom. The van der Waals surface area contributed by atoms with Crippen molar-refractivity contribution in [1.29, 1.82) is 0 Å². The summed E-state index contributed by atoms with van der Waals surface area (Å²) >= 11 is 0. The van der Waals surface area contributed by atoms with Gasteiger partial charge in [-0.25, -0.2) is 4.79 Å². The Morgan fingerprint density at radius 3 is 2.55 bits per heavy atom. The summed E-state index contributed by atoms with van der Waals surface area (Å²) in [4.78, 5) is 28.3. The molecule has 0 radical (unpaired) electrons. The first-order valence-electron chi connectivity index (χ1n) is 13.6. The maximum absolute atomic E-state index is 14.7. The number of carbonyl (C=O) groups excluding carboxylic acids is 2. The number of hydrogen-bond donors (Lipinski definition) is 2. The number of rotatable bonds is 2. The van der Waals surface area contributed by atoms with Crippen LogP contribution in [0.15, 0.2) is 41.5 Å². The van der Waals surface area contributed by atoms with Crippen molar-refractivity contribution in [3.8, 4) is 5.75 Å². The standard InChI is InChI=1S/C31H38O7/c1-15-9-8-10-21(32)22(15)27(34)37-25-16(2)13-30-17(3)11-20-23(28(20,4)5)19(24(30)33)12-18-14-36-29(6,7)38-26(18)31(25,30)35/h8-10,12-13,17,19-20,23,25-26,32,35H,11,14H2,1-7H3/t17-,19+,20-,23?,25+,26-,30+,31-/m1/s1. The van der Waals surface area contributed by atoms with Crippen molar-refractivity contribution in [2.75, 3.05) is 6.61 Å². The zero-order chi connectivity index (χ0) is 27.6. The van der Waals surface area contributed by atoms with Gasteiger partial charge in [0.25, 0.3) is 0 Å². The highest BCUT2D eigenvalue weighted by Gasteiger charge is 2.77. The highest BCUT2D eigenvalue weighted by atomic mass is 16.7. The van der Waals surface area contributed by atoms with Gasteiger partial charge in [0.2, 0.25) is 0 Å². The number of aromatic hydroxyl groups is 1. The van der Waals surface area contributed by atoms with E-state index in [-0.39, 0.29) is 46.9 Å². The molecule has 1 heterocycles. The van der Waals surface area contributed by atoms with E-state index in [2.05, 4.69) is 13.8 Å². The minimum atomic E-state index is -1.88. The lowest BCUT2D eigenvalue weighted by molar-refractivity contribution is -0.302. The van der Waals surface area contributed by atoms with Crippen molar-refractivity contribution in [2.24, 2.45) is 34.5 Å². The first kappa shape index (κ1) is 25.8. The van der Waals surface area contributed by atoms with E-state index in [1.807, 2.05) is 19.1 Å². The van der Waals surface area contributed by atoms with Gasteiger partial charge in [-0.3, -0.25) is 4.79 Å². The maximum Gasteiger partial charge on any atom is 0.342 e. The molecule has 1 aromatic carbocycles. The van der Waals surface area contributed by atoms with Crippen LogP contribution in [0.3, 0.4) is 0 Å². The van der Waals surface area contributed by atoms with Gasteiger partial charge in [-0.2, -0.15) is 0 Å². The third-order valence-corrected chi connectivity index (χ3v) is 10.4. The summed E-state index contributed by atoms with van der Waals surface area (Å²) in [7, 11) is 0. The second kappa shape index (κ2) is 7.80. The predicted molar refractivity (Wildman–Crippen MR) is 139 cm³/mol. The Hall–Kier alpha value is -2.48. The van der Waals surface area contributed by atoms with E-state index in [0.717, 1.165) is 6.42 Å². The molecule has 1 aromatic rings. The maximum atomic E-state index is 14.7. The summed E-state index contributed by atoms with van der Waals surface area (Å²) in [6.07, 6.45) is 2.56. The van der Waals surface area contributed by atoms with E-state index in [9.17, 15) is 19.8 Å². The molecular weight excluding hydrogens is 484 g/mol. The van der Waals surface area contributed by atoms with Gasteiger partial charge in [-0.1, -0.05) is 45.1 Å². The molecule has 8 atom stereocenters. The van der Waals surface area contributed by atoms with Crippen LogP contribution < -0.4 is 0 Å². The topological polar surface area (TPSA) is 102 Å². The normalized spacial score (nSPS) is 41.9. The number of aliphatic hydroxyl groups is 1. The van der Waals surface area contributed by atoms with Gasteiger partial charge in [0.05, 0.1) is 12.0 Å². The number of Topliss-reactive ketones (excluding diaryl/α,β-unsaturated/α-hetero) is 1. The van der Waals surface area contributed by atoms with Gasteiger partial charge >= 0.3 is 5.97 Å². The number of allylic oxidation sites excluding steroid dienone is 1. The van der Waals surface area contributed by atoms with Crippen molar-refractivity contribution in [2.45, 2.75) is 78.5 Å². The predicted octanol–water partition coefficient (Wildman–Crippen LogP) is 4.49. The zero-order valence-corrected chi connectivity index (χ0v) is 23.2. The molecule has 7 nitrogen and oxygen atoms in total. The van der Waals surface area contributed by atoms with Crippen LogP contribution in [0.4, 0.5) is 0 Å². The fourth-order valence-electron chi connectivity index (χ4n) is 8.38. The van der Waals surface area contributed by atoms with Crippen LogP contribution in [-0.4, -0.2) is 52.2 Å². The Kier molecular flexibility index (Phi) is 5.29. The van der Waals surface area contributed by atoms with E-state index in [0.29, 0.717) is 22.6 Å². The summed E-state index contributed by atoms with van der Waals surface area (Å²) < 4.78 is 18.6. The van der Waals surface area contributed by atoms with Gasteiger partial charge in [0.15, 0.2) is 23.3 Å². The number of aryl methyl sites for hydroxylation is 1. The van der Waals surface area contributed by atoms with E-state index >= 15 is 0 Å². The van der Waals surface area contributed by atoms with Crippen LogP contribution in [0.5, 0.6) is 5.75 Å². The lowest BCUT2D eigenvalue weighted by atomic mass is 9.59. The molecular formula is C31H38O7. The molecule has 1 spiro atoms. The fourth-order valence-corrected chi connectivity index (χ4v) is 8.38. The summed E-state index contributed by atoms with van der Waals surface area (Å²) in [5, 5.41) is 23.5. The van der Waals surface area contributed by atoms with E-state index in [4.69, 9.17) is 14.2 Å². The average Bonchev–Trinajstić information content (AvgIpc) is 3.31. The SMILES string of the molecule is CC1=C[C@]23C(=O)[C@@H](C=C4COC(C)(C)O[C@H]4[C@]2(O)[C@H]1OC(=O)c1c(C)cccc1O)C1[C@@H](C[C@H]3C)C1(C)C. The third kappa shape index (κ3) is 3.12. The van der Waals surface area contributed by atoms with Crippen LogP contribution in [0.2, 0.25) is 0 Å². The van der Waals surface area contributed by atoms with E-state index < -0.39 is 35.0 Å². The summed E-state index contributed by atoms with van der Waals surface area (Å²) in [5.41, 5.74) is -1.25. The lowest BCUT2D eigenvalue weighted by Crippen LogP contribution is -2.68. The molecule has 3 fully saturated rings. The summed E-state index contributed by atoms with van der Waals surface area (Å²) in [6, 6.07) is 4.81. The molecule has 38 heavy (non-hydrogen) atoms. The number of esters is 1. The van der Waals surface area contributed by atoms with Crippen LogP contribution >= 0.6 is 0 Å². The van der Waals surface area contributed by atoms with Crippen molar-refractivity contribution in [3.05, 3.63) is 52.6 Å². The van der Waals surface area contributed by atoms with Crippen molar-refractivity contribution in [3.63, 3.8) is 0 Å². The smallest absolute Gasteiger partial charge is 0.342 e. The molecule has 2 bridgehead atoms. The summed E-state index contributed by atoms with van der Waals surface area (Å²) in [6.45, 7) is 13.8. The lowest BCUT2D eigenvalue weighted by Gasteiger charge is -2.52. The Labute approximate surface area is 223 Å². The molecule has 4 aliphatic carbocycles. The van der Waals surface area contributed by atoms with Gasteiger partial charge in [0.1, 0.15) is 17.4 Å². The molecule has 5 aliphatic rings. The number of phenols is 1. The highest BCUT2D eigenvalue weighted by molar-refractivity contribution is 5.97. The Bertz CT molecular complexity index is 1280. The number of fused-ring (bicyclic) bond motifs is 5. The molecule has 0 aromatic heterocycles. The third-order valence-electron chi connectivity index (χ3n) is 10.4. The van der Waals surface area contributed by atoms with Gasteiger partial charge < -0.3 is 24.4 Å². The number of ether oxygens (including phenoxy) is 3. The quantitative estimate of drug-likeness (QED) is 0.436. The van der Waals surface area contributed by atoms with E-state index in [1.54, 1.807) is 39.8 Å². The fraction of sp³-hybridized carbons (Fsp3) is 0.613. The van der Waals surface area contributed by atoms with E-state index in [1.165, 1.54) is 6.07 Å². The Balaban J connectivity index is 1.53. The average molecular weight is 523 g/mol. The monoisotopic (exact) mass is 522 g/mol. The van der Waals surface area contributed by atoms with Crippen LogP contribution in [-0.2, 0) is 19.0 Å². The first-order chi connectivity index (χ1) is 17.7. The van der Waals surface area contributed by atoms with Crippen LogP contribution in [0, 0.1) is 41.4 Å². The number of carbonyl (C=O) groups is 2. The zero-order valence-electron chi connectivity index (χ0n) is 23.2. The molecule has 1 unspecified atom stereocenters. The largest absolute Gasteiger partial charge is 0.507 e. The molecule has 204 valence electrons. The van der Waals surface area contributed by atoms with Crippen LogP contribution in [0.25, 0.3) is 0 Å². The van der Waals surface area contributed by atoms with Crippen molar-refractivity contribution < 1.29 is 34.0 Å². The van der Waals surface area contributed by atoms with Crippen molar-refractivity contribution in [1.82, 2.24) is 0 Å². The van der Waals surface area contributed by atoms with Gasteiger partial charge in [-0.05, 0) is 80.1 Å². The molecule has 1 saturated heterocycles. The number of phenolic OH excluding ortho intramolecular Hbond substituents is 1. The summed E-state index contributed by atoms with van der Waals surface area (Å²) in [5.74, 6) is -2.08. The number of ketones is 1. The highest BCUT2D eigenvalue weighted by Crippen LogP contribution is 2.72. The Morgan fingerprint density at radius 2 is 1.87 bits per heavy atom. The first-order valence-corrected chi connectivity index (χ1v) is 13.6. The number of benzene rings is 1. The van der Waals surface area contributed by atoms with Gasteiger partial charge in [-0.15, -0.1) is 0 Å². The minimum Gasteiger partial charge on any atom is -0.507 e. The second-order valence-corrected chi connectivity index (χ2v) is 13.2. The molecule has 1 aliphatic heterocycles. The molecule has 2 saturated carbocycles. The van der Waals surface area contributed by atoms with Crippen molar-refractivity contribution >= 4 is 11.8 Å².